The molecule has 0 atom stereocenters. The summed E-state index contributed by atoms with van der Waals surface area (Å²) in [7, 11) is 0. The molecule has 0 aliphatic rings. The van der Waals surface area contributed by atoms with Crippen LogP contribution in [0.15, 0.2) is 36.4 Å². The Morgan fingerprint density at radius 2 is 1.83 bits per heavy atom. The third-order valence-electron chi connectivity index (χ3n) is 2.19. The fourth-order valence-electron chi connectivity index (χ4n) is 1.41. The molecule has 1 heterocycles. The molecule has 90 valence electrons. The average Bonchev–Trinajstić information content (AvgIpc) is 2.74. The van der Waals surface area contributed by atoms with Crippen molar-refractivity contribution in [1.82, 2.24) is 0 Å². The largest absolute Gasteiger partial charge is 0.427 e. The summed E-state index contributed by atoms with van der Waals surface area (Å²) in [5.41, 5.74) is 0.900. The van der Waals surface area contributed by atoms with Gasteiger partial charge in [-0.15, -0.1) is 11.3 Å². The zero-order valence-corrected chi connectivity index (χ0v) is 11.0. The standard InChI is InChI=1S/C15H12O2S/c1-11-3-9-15(18-11)10-6-13-4-7-14(8-5-13)17-12(2)16/h3-5,7-9H,1-2H3. The highest BCUT2D eigenvalue weighted by Crippen LogP contribution is 2.14. The lowest BCUT2D eigenvalue weighted by Gasteiger charge is -1.99. The van der Waals surface area contributed by atoms with E-state index >= 15 is 0 Å². The molecule has 0 radical (unpaired) electrons. The number of esters is 1. The summed E-state index contributed by atoms with van der Waals surface area (Å²) in [5.74, 6) is 6.40. The first-order chi connectivity index (χ1) is 8.63. The van der Waals surface area contributed by atoms with E-state index in [0.717, 1.165) is 10.4 Å². The van der Waals surface area contributed by atoms with Crippen molar-refractivity contribution in [1.29, 1.82) is 0 Å². The van der Waals surface area contributed by atoms with Crippen molar-refractivity contribution < 1.29 is 9.53 Å². The Hall–Kier alpha value is -2.05. The summed E-state index contributed by atoms with van der Waals surface area (Å²) in [6.07, 6.45) is 0. The molecule has 3 heteroatoms. The lowest BCUT2D eigenvalue weighted by molar-refractivity contribution is -0.131. The van der Waals surface area contributed by atoms with Gasteiger partial charge in [0.15, 0.2) is 0 Å². The zero-order chi connectivity index (χ0) is 13.0. The smallest absolute Gasteiger partial charge is 0.308 e. The molecule has 0 saturated carbocycles. The van der Waals surface area contributed by atoms with Crippen molar-refractivity contribution in [3.05, 3.63) is 51.7 Å². The number of benzene rings is 1. The van der Waals surface area contributed by atoms with Crippen LogP contribution >= 0.6 is 11.3 Å². The van der Waals surface area contributed by atoms with E-state index < -0.39 is 0 Å². The Kier molecular flexibility index (Phi) is 3.81. The molecule has 2 aromatic rings. The van der Waals surface area contributed by atoms with Crippen LogP contribution in [0.5, 0.6) is 5.75 Å². The maximum atomic E-state index is 10.8. The van der Waals surface area contributed by atoms with Crippen LogP contribution in [0.3, 0.4) is 0 Å². The molecule has 0 N–H and O–H groups in total. The molecule has 0 spiro atoms. The van der Waals surface area contributed by atoms with E-state index in [4.69, 9.17) is 4.74 Å². The molecule has 0 aliphatic carbocycles. The van der Waals surface area contributed by atoms with Gasteiger partial charge in [-0.2, -0.15) is 0 Å². The third kappa shape index (κ3) is 3.47. The highest BCUT2D eigenvalue weighted by molar-refractivity contribution is 7.12. The summed E-state index contributed by atoms with van der Waals surface area (Å²) >= 11 is 1.68. The maximum Gasteiger partial charge on any atom is 0.308 e. The Bertz CT molecular complexity index is 612. The first-order valence-electron chi connectivity index (χ1n) is 5.50. The molecular weight excluding hydrogens is 244 g/mol. The number of carbonyl (C=O) groups is 1. The molecule has 0 unspecified atom stereocenters. The quantitative estimate of drug-likeness (QED) is 0.444. The van der Waals surface area contributed by atoms with Gasteiger partial charge in [0.2, 0.25) is 0 Å². The van der Waals surface area contributed by atoms with Gasteiger partial charge >= 0.3 is 5.97 Å². The van der Waals surface area contributed by atoms with Gasteiger partial charge in [-0.05, 0) is 43.3 Å². The van der Waals surface area contributed by atoms with Gasteiger partial charge in [0.1, 0.15) is 5.75 Å². The normalized spacial score (nSPS) is 9.44. The summed E-state index contributed by atoms with van der Waals surface area (Å²) in [5, 5.41) is 0. The van der Waals surface area contributed by atoms with Gasteiger partial charge in [-0.1, -0.05) is 11.8 Å². The van der Waals surface area contributed by atoms with Gasteiger partial charge in [-0.25, -0.2) is 0 Å². The fraction of sp³-hybridized carbons (Fsp3) is 0.133. The number of hydrogen-bond acceptors (Lipinski definition) is 3. The first kappa shape index (κ1) is 12.4. The minimum Gasteiger partial charge on any atom is -0.427 e. The fourth-order valence-corrected chi connectivity index (χ4v) is 2.13. The number of carbonyl (C=O) groups excluding carboxylic acids is 1. The predicted molar refractivity (Wildman–Crippen MR) is 72.8 cm³/mol. The summed E-state index contributed by atoms with van der Waals surface area (Å²) in [4.78, 5) is 13.1. The van der Waals surface area contributed by atoms with Crippen molar-refractivity contribution >= 4 is 17.3 Å². The van der Waals surface area contributed by atoms with E-state index in [-0.39, 0.29) is 5.97 Å². The third-order valence-corrected chi connectivity index (χ3v) is 3.10. The number of aryl methyl sites for hydroxylation is 1. The van der Waals surface area contributed by atoms with Crippen molar-refractivity contribution in [2.24, 2.45) is 0 Å². The second kappa shape index (κ2) is 5.52. The first-order valence-corrected chi connectivity index (χ1v) is 6.32. The number of hydrogen-bond donors (Lipinski definition) is 0. The van der Waals surface area contributed by atoms with Crippen LogP contribution in [0.25, 0.3) is 0 Å². The molecule has 2 nitrogen and oxygen atoms in total. The summed E-state index contributed by atoms with van der Waals surface area (Å²) < 4.78 is 4.95. The van der Waals surface area contributed by atoms with Gasteiger partial charge in [0, 0.05) is 17.4 Å². The highest BCUT2D eigenvalue weighted by Gasteiger charge is 1.97. The zero-order valence-electron chi connectivity index (χ0n) is 10.2. The second-order valence-corrected chi connectivity index (χ2v) is 5.07. The number of thiophene rings is 1. The molecule has 2 rings (SSSR count). The Morgan fingerprint density at radius 1 is 1.11 bits per heavy atom. The molecule has 0 bridgehead atoms. The SMILES string of the molecule is CC(=O)Oc1ccc(C#Cc2ccc(C)s2)cc1. The molecular formula is C15H12O2S. The van der Waals surface area contributed by atoms with Crippen molar-refractivity contribution in [2.75, 3.05) is 0 Å². The van der Waals surface area contributed by atoms with Crippen LogP contribution in [0.2, 0.25) is 0 Å². The molecule has 1 aromatic heterocycles. The lowest BCUT2D eigenvalue weighted by Crippen LogP contribution is -2.00. The second-order valence-electron chi connectivity index (χ2n) is 3.78. The summed E-state index contributed by atoms with van der Waals surface area (Å²) in [6.45, 7) is 3.44. The van der Waals surface area contributed by atoms with E-state index in [0.29, 0.717) is 5.75 Å². The molecule has 0 aliphatic heterocycles. The lowest BCUT2D eigenvalue weighted by atomic mass is 10.2. The topological polar surface area (TPSA) is 26.3 Å². The Balaban J connectivity index is 2.11. The number of rotatable bonds is 1. The predicted octanol–water partition coefficient (Wildman–Crippen LogP) is 3.38. The van der Waals surface area contributed by atoms with E-state index in [2.05, 4.69) is 24.8 Å². The maximum absolute atomic E-state index is 10.8. The monoisotopic (exact) mass is 256 g/mol. The molecule has 0 fully saturated rings. The van der Waals surface area contributed by atoms with Crippen LogP contribution in [0, 0.1) is 18.8 Å². The van der Waals surface area contributed by atoms with Crippen molar-refractivity contribution in [3.63, 3.8) is 0 Å². The van der Waals surface area contributed by atoms with Gasteiger partial charge < -0.3 is 4.74 Å². The van der Waals surface area contributed by atoms with E-state index in [1.807, 2.05) is 18.2 Å². The molecule has 0 amide bonds. The van der Waals surface area contributed by atoms with Crippen LogP contribution in [-0.4, -0.2) is 5.97 Å². The minimum absolute atomic E-state index is 0.317. The Morgan fingerprint density at radius 3 is 2.39 bits per heavy atom. The Labute approximate surface area is 110 Å². The average molecular weight is 256 g/mol. The van der Waals surface area contributed by atoms with Gasteiger partial charge in [0.25, 0.3) is 0 Å². The molecule has 0 saturated heterocycles. The van der Waals surface area contributed by atoms with Crippen LogP contribution in [0.4, 0.5) is 0 Å². The van der Waals surface area contributed by atoms with Crippen LogP contribution in [-0.2, 0) is 4.79 Å². The molecule has 1 aromatic carbocycles. The van der Waals surface area contributed by atoms with Crippen LogP contribution < -0.4 is 4.74 Å². The van der Waals surface area contributed by atoms with Gasteiger partial charge in [0.05, 0.1) is 4.88 Å². The summed E-state index contributed by atoms with van der Waals surface area (Å²) in [6, 6.07) is 11.2. The van der Waals surface area contributed by atoms with E-state index in [1.165, 1.54) is 11.8 Å². The van der Waals surface area contributed by atoms with E-state index in [1.54, 1.807) is 23.5 Å². The van der Waals surface area contributed by atoms with Crippen LogP contribution in [0.1, 0.15) is 22.2 Å². The van der Waals surface area contributed by atoms with Crippen molar-refractivity contribution in [3.8, 4) is 17.6 Å². The highest BCUT2D eigenvalue weighted by atomic mass is 32.1. The molecule has 18 heavy (non-hydrogen) atoms. The number of ether oxygens (including phenoxy) is 1. The van der Waals surface area contributed by atoms with Gasteiger partial charge in [-0.3, -0.25) is 4.79 Å². The van der Waals surface area contributed by atoms with E-state index in [9.17, 15) is 4.79 Å². The van der Waals surface area contributed by atoms with Crippen molar-refractivity contribution in [2.45, 2.75) is 13.8 Å². The minimum atomic E-state index is -0.317.